The van der Waals surface area contributed by atoms with Gasteiger partial charge in [0, 0.05) is 21.7 Å². The summed E-state index contributed by atoms with van der Waals surface area (Å²) < 4.78 is 6.08. The van der Waals surface area contributed by atoms with Crippen molar-refractivity contribution in [1.82, 2.24) is 5.32 Å². The van der Waals surface area contributed by atoms with Gasteiger partial charge in [0.2, 0.25) is 5.91 Å². The van der Waals surface area contributed by atoms with E-state index < -0.39 is 0 Å². The van der Waals surface area contributed by atoms with E-state index in [1.54, 1.807) is 0 Å². The fraction of sp³-hybridized carbons (Fsp3) is 0.364. The number of carbonyl (C=O) groups is 1. The molecule has 0 saturated carbocycles. The maximum atomic E-state index is 11.3. The van der Waals surface area contributed by atoms with E-state index >= 15 is 0 Å². The lowest BCUT2D eigenvalue weighted by Gasteiger charge is -2.07. The molecule has 0 aliphatic carbocycles. The summed E-state index contributed by atoms with van der Waals surface area (Å²) in [7, 11) is 0. The first-order chi connectivity index (χ1) is 7.63. The Labute approximate surface area is 114 Å². The van der Waals surface area contributed by atoms with E-state index in [9.17, 15) is 4.79 Å². The lowest BCUT2D eigenvalue weighted by atomic mass is 10.2. The summed E-state index contributed by atoms with van der Waals surface area (Å²) in [5.74, 6) is -0.128. The molecule has 0 atom stereocenters. The Morgan fingerprint density at radius 3 is 3.00 bits per heavy atom. The molecular weight excluding hydrogens is 340 g/mol. The molecule has 0 heterocycles. The molecule has 1 amide bonds. The van der Waals surface area contributed by atoms with Gasteiger partial charge in [-0.1, -0.05) is 11.6 Å². The number of ether oxygens (including phenoxy) is 1. The van der Waals surface area contributed by atoms with Gasteiger partial charge in [0.15, 0.2) is 0 Å². The zero-order valence-corrected chi connectivity index (χ0v) is 11.8. The van der Waals surface area contributed by atoms with Crippen LogP contribution in [0.2, 0.25) is 5.02 Å². The monoisotopic (exact) mass is 353 g/mol. The Hall–Kier alpha value is -0.330. The molecule has 0 aliphatic heterocycles. The largest absolute Gasteiger partial charge is 0.372 e. The highest BCUT2D eigenvalue weighted by Crippen LogP contribution is 2.18. The second kappa shape index (κ2) is 7.09. The highest BCUT2D eigenvalue weighted by Gasteiger charge is 2.04. The molecule has 5 heteroatoms. The molecule has 0 aromatic heterocycles. The summed E-state index contributed by atoms with van der Waals surface area (Å²) in [6.45, 7) is 2.92. The molecule has 0 unspecified atom stereocenters. The molecule has 1 N–H and O–H groups in total. The average Bonchev–Trinajstić information content (AvgIpc) is 2.27. The summed E-state index contributed by atoms with van der Waals surface area (Å²) in [5.41, 5.74) is 0.915. The molecule has 1 aromatic carbocycles. The predicted octanol–water partition coefficient (Wildman–Crippen LogP) is 2.60. The van der Waals surface area contributed by atoms with E-state index in [1.807, 2.05) is 25.1 Å². The van der Waals surface area contributed by atoms with Crippen LogP contribution in [0.3, 0.4) is 0 Å². The molecule has 0 saturated heterocycles. The number of nitrogens with one attached hydrogen (secondary N) is 1. The topological polar surface area (TPSA) is 38.3 Å². The number of carbonyl (C=O) groups excluding carboxylic acids is 1. The van der Waals surface area contributed by atoms with Gasteiger partial charge in [0.25, 0.3) is 0 Å². The standard InChI is InChI=1S/C11H13ClINO2/c1-2-16-7-11(15)14-6-8-5-9(13)3-4-10(8)12/h3-5H,2,6-7H2,1H3,(H,14,15). The Morgan fingerprint density at radius 2 is 2.31 bits per heavy atom. The van der Waals surface area contributed by atoms with Crippen molar-refractivity contribution >= 4 is 40.1 Å². The van der Waals surface area contributed by atoms with Crippen LogP contribution in [0.4, 0.5) is 0 Å². The van der Waals surface area contributed by atoms with E-state index in [0.717, 1.165) is 9.13 Å². The van der Waals surface area contributed by atoms with E-state index in [-0.39, 0.29) is 12.5 Å². The van der Waals surface area contributed by atoms with Crippen molar-refractivity contribution in [1.29, 1.82) is 0 Å². The maximum absolute atomic E-state index is 11.3. The minimum Gasteiger partial charge on any atom is -0.372 e. The lowest BCUT2D eigenvalue weighted by molar-refractivity contribution is -0.125. The second-order valence-corrected chi connectivity index (χ2v) is 4.80. The van der Waals surface area contributed by atoms with Gasteiger partial charge in [-0.25, -0.2) is 0 Å². The van der Waals surface area contributed by atoms with Crippen LogP contribution in [0, 0.1) is 3.57 Å². The third-order valence-electron chi connectivity index (χ3n) is 1.92. The van der Waals surface area contributed by atoms with Crippen LogP contribution in [0.15, 0.2) is 18.2 Å². The van der Waals surface area contributed by atoms with E-state index in [4.69, 9.17) is 16.3 Å². The van der Waals surface area contributed by atoms with Gasteiger partial charge in [0.1, 0.15) is 6.61 Å². The number of benzene rings is 1. The van der Waals surface area contributed by atoms with Gasteiger partial charge in [0.05, 0.1) is 0 Å². The number of amides is 1. The SMILES string of the molecule is CCOCC(=O)NCc1cc(I)ccc1Cl. The van der Waals surface area contributed by atoms with Crippen LogP contribution < -0.4 is 5.32 Å². The minimum absolute atomic E-state index is 0.0953. The Balaban J connectivity index is 2.47. The first-order valence-corrected chi connectivity index (χ1v) is 6.37. The molecule has 16 heavy (non-hydrogen) atoms. The Morgan fingerprint density at radius 1 is 1.56 bits per heavy atom. The molecule has 0 spiro atoms. The zero-order valence-electron chi connectivity index (χ0n) is 8.93. The van der Waals surface area contributed by atoms with Gasteiger partial charge >= 0.3 is 0 Å². The smallest absolute Gasteiger partial charge is 0.246 e. The van der Waals surface area contributed by atoms with E-state index in [1.165, 1.54) is 0 Å². The molecule has 0 radical (unpaired) electrons. The van der Waals surface area contributed by atoms with Crippen molar-refractivity contribution in [3.8, 4) is 0 Å². The van der Waals surface area contributed by atoms with Crippen molar-refractivity contribution in [3.63, 3.8) is 0 Å². The maximum Gasteiger partial charge on any atom is 0.246 e. The van der Waals surface area contributed by atoms with Gasteiger partial charge < -0.3 is 10.1 Å². The van der Waals surface area contributed by atoms with Crippen LogP contribution >= 0.6 is 34.2 Å². The fourth-order valence-corrected chi connectivity index (χ4v) is 1.86. The van der Waals surface area contributed by atoms with E-state index in [2.05, 4.69) is 27.9 Å². The highest BCUT2D eigenvalue weighted by molar-refractivity contribution is 14.1. The van der Waals surface area contributed by atoms with Crippen molar-refractivity contribution in [2.45, 2.75) is 13.5 Å². The van der Waals surface area contributed by atoms with Crippen molar-refractivity contribution in [2.24, 2.45) is 0 Å². The van der Waals surface area contributed by atoms with Crippen molar-refractivity contribution in [2.75, 3.05) is 13.2 Å². The zero-order chi connectivity index (χ0) is 12.0. The third-order valence-corrected chi connectivity index (χ3v) is 2.96. The normalized spacial score (nSPS) is 10.2. The van der Waals surface area contributed by atoms with Gasteiger partial charge in [-0.15, -0.1) is 0 Å². The molecule has 88 valence electrons. The van der Waals surface area contributed by atoms with Gasteiger partial charge in [-0.3, -0.25) is 4.79 Å². The van der Waals surface area contributed by atoms with Gasteiger partial charge in [-0.05, 0) is 53.3 Å². The molecule has 1 rings (SSSR count). The minimum atomic E-state index is -0.128. The first-order valence-electron chi connectivity index (χ1n) is 4.92. The van der Waals surface area contributed by atoms with E-state index in [0.29, 0.717) is 18.2 Å². The molecule has 1 aromatic rings. The van der Waals surface area contributed by atoms with Crippen LogP contribution in [-0.4, -0.2) is 19.1 Å². The summed E-state index contributed by atoms with van der Waals surface area (Å²) in [4.78, 5) is 11.3. The molecule has 0 aliphatic rings. The van der Waals surface area contributed by atoms with Crippen LogP contribution in [0.25, 0.3) is 0 Å². The van der Waals surface area contributed by atoms with Crippen LogP contribution in [-0.2, 0) is 16.1 Å². The highest BCUT2D eigenvalue weighted by atomic mass is 127. The lowest BCUT2D eigenvalue weighted by Crippen LogP contribution is -2.27. The number of rotatable bonds is 5. The van der Waals surface area contributed by atoms with Crippen molar-refractivity contribution in [3.05, 3.63) is 32.4 Å². The summed E-state index contributed by atoms with van der Waals surface area (Å²) >= 11 is 8.20. The number of hydrogen-bond donors (Lipinski definition) is 1. The predicted molar refractivity (Wildman–Crippen MR) is 72.5 cm³/mol. The average molecular weight is 354 g/mol. The van der Waals surface area contributed by atoms with Crippen molar-refractivity contribution < 1.29 is 9.53 Å². The molecular formula is C11H13ClINO2. The number of hydrogen-bond acceptors (Lipinski definition) is 2. The Bertz CT molecular complexity index is 371. The number of halogens is 2. The Kier molecular flexibility index (Phi) is 6.08. The van der Waals surface area contributed by atoms with Gasteiger partial charge in [-0.2, -0.15) is 0 Å². The third kappa shape index (κ3) is 4.67. The van der Waals surface area contributed by atoms with Crippen LogP contribution in [0.5, 0.6) is 0 Å². The summed E-state index contributed by atoms with van der Waals surface area (Å²) in [6, 6.07) is 5.70. The summed E-state index contributed by atoms with van der Waals surface area (Å²) in [5, 5.41) is 3.41. The molecule has 0 fully saturated rings. The summed E-state index contributed by atoms with van der Waals surface area (Å²) in [6.07, 6.45) is 0. The molecule has 0 bridgehead atoms. The fourth-order valence-electron chi connectivity index (χ4n) is 1.12. The van der Waals surface area contributed by atoms with Crippen LogP contribution in [0.1, 0.15) is 12.5 Å². The molecule has 3 nitrogen and oxygen atoms in total. The second-order valence-electron chi connectivity index (χ2n) is 3.15. The quantitative estimate of drug-likeness (QED) is 0.827. The first kappa shape index (κ1) is 13.7.